The van der Waals surface area contributed by atoms with E-state index >= 15 is 0 Å². The summed E-state index contributed by atoms with van der Waals surface area (Å²) in [6, 6.07) is 4.30. The van der Waals surface area contributed by atoms with Crippen LogP contribution in [0.25, 0.3) is 11.0 Å². The van der Waals surface area contributed by atoms with Crippen LogP contribution in [0.5, 0.6) is 0 Å². The Morgan fingerprint density at radius 2 is 2.07 bits per heavy atom. The largest absolute Gasteiger partial charge is 0.346 e. The molecule has 0 aliphatic heterocycles. The molecule has 0 saturated heterocycles. The Labute approximate surface area is 90.7 Å². The maximum atomic E-state index is 4.42. The van der Waals surface area contributed by atoms with E-state index in [4.69, 9.17) is 0 Å². The molecule has 80 valence electrons. The van der Waals surface area contributed by atoms with Crippen LogP contribution in [0.4, 0.5) is 0 Å². The first kappa shape index (κ1) is 10.2. The minimum absolute atomic E-state index is 0.283. The molecule has 2 aromatic heterocycles. The first-order valence-electron chi connectivity index (χ1n) is 5.41. The Morgan fingerprint density at radius 1 is 1.33 bits per heavy atom. The van der Waals surface area contributed by atoms with Crippen molar-refractivity contribution in [2.24, 2.45) is 5.41 Å². The Hall–Kier alpha value is -1.31. The van der Waals surface area contributed by atoms with Gasteiger partial charge in [-0.25, -0.2) is 4.98 Å². The number of pyridine rings is 1. The lowest BCUT2D eigenvalue weighted by molar-refractivity contribution is 0.339. The zero-order chi connectivity index (χ0) is 11.1. The molecule has 0 spiro atoms. The number of nitrogens with zero attached hydrogens (tertiary/aromatic N) is 1. The molecule has 2 heterocycles. The summed E-state index contributed by atoms with van der Waals surface area (Å²) in [6.45, 7) is 9.05. The molecule has 0 bridgehead atoms. The van der Waals surface area contributed by atoms with Crippen molar-refractivity contribution in [2.45, 2.75) is 33.6 Å². The lowest BCUT2D eigenvalue weighted by atomic mass is 9.78. The summed E-state index contributed by atoms with van der Waals surface area (Å²) in [5.74, 6) is 0.518. The number of aromatic nitrogens is 2. The second-order valence-corrected chi connectivity index (χ2v) is 5.27. The highest BCUT2D eigenvalue weighted by atomic mass is 14.8. The number of H-pyrrole nitrogens is 1. The Bertz CT molecular complexity index is 463. The molecule has 1 N–H and O–H groups in total. The Balaban J connectivity index is 2.44. The van der Waals surface area contributed by atoms with Crippen LogP contribution < -0.4 is 0 Å². The fourth-order valence-corrected chi connectivity index (χ4v) is 1.69. The van der Waals surface area contributed by atoms with Crippen molar-refractivity contribution in [1.82, 2.24) is 9.97 Å². The fraction of sp³-hybridized carbons (Fsp3) is 0.462. The second kappa shape index (κ2) is 3.37. The van der Waals surface area contributed by atoms with Gasteiger partial charge in [-0.1, -0.05) is 27.7 Å². The van der Waals surface area contributed by atoms with Gasteiger partial charge in [0.25, 0.3) is 0 Å². The van der Waals surface area contributed by atoms with Crippen LogP contribution in [0.3, 0.4) is 0 Å². The van der Waals surface area contributed by atoms with Crippen molar-refractivity contribution in [3.63, 3.8) is 0 Å². The molecular formula is C13H18N2. The van der Waals surface area contributed by atoms with Gasteiger partial charge in [-0.3, -0.25) is 0 Å². The summed E-state index contributed by atoms with van der Waals surface area (Å²) in [6.07, 6.45) is 3.91. The minimum Gasteiger partial charge on any atom is -0.346 e. The summed E-state index contributed by atoms with van der Waals surface area (Å²) >= 11 is 0. The molecule has 0 radical (unpaired) electrons. The molecule has 0 saturated carbocycles. The first-order chi connectivity index (χ1) is 6.98. The second-order valence-electron chi connectivity index (χ2n) is 5.27. The van der Waals surface area contributed by atoms with E-state index in [1.807, 2.05) is 12.4 Å². The van der Waals surface area contributed by atoms with Gasteiger partial charge >= 0.3 is 0 Å². The van der Waals surface area contributed by atoms with E-state index in [0.717, 1.165) is 5.65 Å². The average Bonchev–Trinajstić information content (AvgIpc) is 2.61. The lowest BCUT2D eigenvalue weighted by Crippen LogP contribution is -2.15. The number of aromatic amines is 1. The third-order valence-electron chi connectivity index (χ3n) is 3.22. The molecule has 2 aromatic rings. The molecule has 15 heavy (non-hydrogen) atoms. The van der Waals surface area contributed by atoms with E-state index in [1.54, 1.807) is 0 Å². The van der Waals surface area contributed by atoms with Gasteiger partial charge in [-0.15, -0.1) is 0 Å². The summed E-state index contributed by atoms with van der Waals surface area (Å²) in [5.41, 5.74) is 2.57. The number of rotatable bonds is 1. The van der Waals surface area contributed by atoms with Crippen molar-refractivity contribution in [1.29, 1.82) is 0 Å². The fourth-order valence-electron chi connectivity index (χ4n) is 1.69. The van der Waals surface area contributed by atoms with Crippen LogP contribution in [0.2, 0.25) is 0 Å². The van der Waals surface area contributed by atoms with Crippen LogP contribution in [-0.4, -0.2) is 9.97 Å². The highest BCUT2D eigenvalue weighted by molar-refractivity contribution is 5.75. The monoisotopic (exact) mass is 202 g/mol. The van der Waals surface area contributed by atoms with Gasteiger partial charge < -0.3 is 4.98 Å². The van der Waals surface area contributed by atoms with Gasteiger partial charge in [-0.05, 0) is 29.0 Å². The average molecular weight is 202 g/mol. The maximum Gasteiger partial charge on any atom is 0.137 e. The quantitative estimate of drug-likeness (QED) is 0.750. The smallest absolute Gasteiger partial charge is 0.137 e. The molecule has 0 fully saturated rings. The van der Waals surface area contributed by atoms with Crippen molar-refractivity contribution in [3.8, 4) is 0 Å². The summed E-state index contributed by atoms with van der Waals surface area (Å²) in [5, 5.41) is 1.20. The van der Waals surface area contributed by atoms with E-state index in [9.17, 15) is 0 Å². The van der Waals surface area contributed by atoms with E-state index in [1.165, 1.54) is 10.9 Å². The number of hydrogen-bond acceptors (Lipinski definition) is 1. The summed E-state index contributed by atoms with van der Waals surface area (Å²) in [7, 11) is 0. The van der Waals surface area contributed by atoms with Crippen LogP contribution in [0, 0.1) is 5.41 Å². The molecule has 2 nitrogen and oxygen atoms in total. The van der Waals surface area contributed by atoms with Crippen LogP contribution in [0.1, 0.15) is 39.2 Å². The standard InChI is InChI=1S/C13H18N2/c1-9(13(2,3)4)11-7-10-5-6-14-12(10)15-8-11/h5-9H,1-4H3,(H,14,15). The third-order valence-corrected chi connectivity index (χ3v) is 3.22. The SMILES string of the molecule is CC(c1cnc2[nH]ccc2c1)C(C)(C)C. The van der Waals surface area contributed by atoms with Gasteiger partial charge in [0.05, 0.1) is 0 Å². The van der Waals surface area contributed by atoms with E-state index in [2.05, 4.69) is 49.8 Å². The van der Waals surface area contributed by atoms with Crippen molar-refractivity contribution >= 4 is 11.0 Å². The first-order valence-corrected chi connectivity index (χ1v) is 5.41. The van der Waals surface area contributed by atoms with Crippen molar-refractivity contribution in [2.75, 3.05) is 0 Å². The Morgan fingerprint density at radius 3 is 2.73 bits per heavy atom. The minimum atomic E-state index is 0.283. The number of hydrogen-bond donors (Lipinski definition) is 1. The predicted octanol–water partition coefficient (Wildman–Crippen LogP) is 3.71. The molecule has 0 amide bonds. The van der Waals surface area contributed by atoms with Crippen LogP contribution >= 0.6 is 0 Å². The van der Waals surface area contributed by atoms with Gasteiger partial charge in [0.2, 0.25) is 0 Å². The topological polar surface area (TPSA) is 28.7 Å². The van der Waals surface area contributed by atoms with Gasteiger partial charge in [0, 0.05) is 17.8 Å². The molecule has 0 aliphatic carbocycles. The molecule has 1 atom stereocenters. The number of fused-ring (bicyclic) bond motifs is 1. The summed E-state index contributed by atoms with van der Waals surface area (Å²) < 4.78 is 0. The van der Waals surface area contributed by atoms with Crippen LogP contribution in [0.15, 0.2) is 24.5 Å². The predicted molar refractivity (Wildman–Crippen MR) is 64.0 cm³/mol. The van der Waals surface area contributed by atoms with E-state index in [-0.39, 0.29) is 5.41 Å². The molecule has 1 unspecified atom stereocenters. The molecule has 2 rings (SSSR count). The normalized spacial score (nSPS) is 14.4. The highest BCUT2D eigenvalue weighted by Crippen LogP contribution is 2.34. The zero-order valence-electron chi connectivity index (χ0n) is 9.83. The van der Waals surface area contributed by atoms with Crippen LogP contribution in [-0.2, 0) is 0 Å². The third kappa shape index (κ3) is 1.89. The van der Waals surface area contributed by atoms with E-state index in [0.29, 0.717) is 5.92 Å². The van der Waals surface area contributed by atoms with Gasteiger partial charge in [0.15, 0.2) is 0 Å². The molecule has 0 aromatic carbocycles. The molecule has 2 heteroatoms. The molecule has 0 aliphatic rings. The maximum absolute atomic E-state index is 4.42. The van der Waals surface area contributed by atoms with E-state index < -0.39 is 0 Å². The van der Waals surface area contributed by atoms with Crippen molar-refractivity contribution in [3.05, 3.63) is 30.1 Å². The Kier molecular flexibility index (Phi) is 2.29. The van der Waals surface area contributed by atoms with Gasteiger partial charge in [0.1, 0.15) is 5.65 Å². The zero-order valence-corrected chi connectivity index (χ0v) is 9.83. The van der Waals surface area contributed by atoms with Gasteiger partial charge in [-0.2, -0.15) is 0 Å². The molecular weight excluding hydrogens is 184 g/mol. The highest BCUT2D eigenvalue weighted by Gasteiger charge is 2.22. The van der Waals surface area contributed by atoms with Crippen molar-refractivity contribution < 1.29 is 0 Å². The summed E-state index contributed by atoms with van der Waals surface area (Å²) in [4.78, 5) is 7.53. The lowest BCUT2D eigenvalue weighted by Gasteiger charge is -2.27. The number of nitrogens with one attached hydrogen (secondary N) is 1.